The minimum absolute atomic E-state index is 0.0187. The number of hydrogen-bond donors (Lipinski definition) is 2. The van der Waals surface area contributed by atoms with Crippen molar-refractivity contribution in [3.8, 4) is 0 Å². The van der Waals surface area contributed by atoms with Gasteiger partial charge in [0.05, 0.1) is 5.69 Å². The monoisotopic (exact) mass is 246 g/mol. The van der Waals surface area contributed by atoms with Gasteiger partial charge in [-0.25, -0.2) is 0 Å². The first-order chi connectivity index (χ1) is 8.68. The van der Waals surface area contributed by atoms with Gasteiger partial charge in [-0.15, -0.1) is 0 Å². The minimum atomic E-state index is -0.0313. The van der Waals surface area contributed by atoms with E-state index in [2.05, 4.69) is 10.6 Å². The van der Waals surface area contributed by atoms with E-state index >= 15 is 0 Å². The number of Topliss-reactive ketones (excluding diaryl/α,β-unsaturated/α-hetero) is 1. The summed E-state index contributed by atoms with van der Waals surface area (Å²) >= 11 is 0. The zero-order valence-electron chi connectivity index (χ0n) is 10.5. The normalized spacial score (nSPS) is 16.3. The van der Waals surface area contributed by atoms with Crippen molar-refractivity contribution in [3.05, 3.63) is 29.8 Å². The van der Waals surface area contributed by atoms with Gasteiger partial charge in [-0.2, -0.15) is 0 Å². The van der Waals surface area contributed by atoms with Gasteiger partial charge in [0, 0.05) is 11.5 Å². The molecule has 0 bridgehead atoms. The minimum Gasteiger partial charge on any atom is -0.325 e. The fourth-order valence-electron chi connectivity index (χ4n) is 2.22. The van der Waals surface area contributed by atoms with Crippen molar-refractivity contribution in [2.24, 2.45) is 5.92 Å². The van der Waals surface area contributed by atoms with E-state index in [1.807, 2.05) is 6.07 Å². The van der Waals surface area contributed by atoms with Crippen molar-refractivity contribution in [3.63, 3.8) is 0 Å². The number of ketones is 1. The lowest BCUT2D eigenvalue weighted by atomic mass is 9.97. The maximum absolute atomic E-state index is 12.1. The van der Waals surface area contributed by atoms with Gasteiger partial charge in [-0.05, 0) is 45.0 Å². The van der Waals surface area contributed by atoms with E-state index in [1.54, 1.807) is 18.2 Å². The molecule has 1 fully saturated rings. The van der Waals surface area contributed by atoms with Crippen molar-refractivity contribution in [2.75, 3.05) is 18.4 Å². The zero-order valence-corrected chi connectivity index (χ0v) is 10.5. The van der Waals surface area contributed by atoms with E-state index in [0.717, 1.165) is 25.9 Å². The van der Waals surface area contributed by atoms with Crippen LogP contribution in [0, 0.1) is 5.92 Å². The number of benzene rings is 1. The van der Waals surface area contributed by atoms with E-state index < -0.39 is 0 Å². The second-order valence-electron chi connectivity index (χ2n) is 4.62. The van der Waals surface area contributed by atoms with Gasteiger partial charge in [0.25, 0.3) is 0 Å². The van der Waals surface area contributed by atoms with Crippen LogP contribution in [0.15, 0.2) is 24.3 Å². The molecule has 1 aliphatic rings. The number of carbonyl (C=O) groups is 2. The van der Waals surface area contributed by atoms with Crippen molar-refractivity contribution in [2.45, 2.75) is 19.8 Å². The predicted molar refractivity (Wildman–Crippen MR) is 70.7 cm³/mol. The Morgan fingerprint density at radius 1 is 1.22 bits per heavy atom. The Labute approximate surface area is 107 Å². The van der Waals surface area contributed by atoms with Crippen LogP contribution in [-0.4, -0.2) is 24.8 Å². The molecule has 0 saturated carbocycles. The summed E-state index contributed by atoms with van der Waals surface area (Å²) < 4.78 is 0. The molecule has 4 nitrogen and oxygen atoms in total. The number of rotatable bonds is 3. The van der Waals surface area contributed by atoms with Crippen LogP contribution in [-0.2, 0) is 4.79 Å². The lowest BCUT2D eigenvalue weighted by Gasteiger charge is -2.22. The van der Waals surface area contributed by atoms with Crippen molar-refractivity contribution in [1.29, 1.82) is 0 Å². The van der Waals surface area contributed by atoms with E-state index in [-0.39, 0.29) is 17.6 Å². The molecular weight excluding hydrogens is 228 g/mol. The second-order valence-corrected chi connectivity index (χ2v) is 4.62. The Morgan fingerprint density at radius 3 is 2.56 bits per heavy atom. The highest BCUT2D eigenvalue weighted by molar-refractivity contribution is 6.04. The van der Waals surface area contributed by atoms with E-state index in [1.165, 1.54) is 6.92 Å². The van der Waals surface area contributed by atoms with E-state index in [4.69, 9.17) is 0 Å². The summed E-state index contributed by atoms with van der Waals surface area (Å²) in [7, 11) is 0. The number of anilines is 1. The first kappa shape index (κ1) is 12.8. The molecule has 96 valence electrons. The van der Waals surface area contributed by atoms with Gasteiger partial charge in [0.2, 0.25) is 5.91 Å². The number of para-hydroxylation sites is 1. The number of hydrogen-bond acceptors (Lipinski definition) is 3. The fraction of sp³-hybridized carbons (Fsp3) is 0.429. The molecule has 1 aromatic carbocycles. The van der Waals surface area contributed by atoms with Crippen LogP contribution in [0.25, 0.3) is 0 Å². The molecular formula is C14H18N2O2. The molecule has 0 radical (unpaired) electrons. The van der Waals surface area contributed by atoms with Gasteiger partial charge >= 0.3 is 0 Å². The first-order valence-corrected chi connectivity index (χ1v) is 6.30. The van der Waals surface area contributed by atoms with E-state index in [9.17, 15) is 9.59 Å². The van der Waals surface area contributed by atoms with Crippen LogP contribution < -0.4 is 10.6 Å². The van der Waals surface area contributed by atoms with Crippen LogP contribution in [0.1, 0.15) is 30.1 Å². The largest absolute Gasteiger partial charge is 0.325 e. The molecule has 0 unspecified atom stereocenters. The molecule has 0 spiro atoms. The Kier molecular flexibility index (Phi) is 4.10. The standard InChI is InChI=1S/C14H18N2O2/c1-10(17)12-4-2-3-5-13(12)16-14(18)11-6-8-15-9-7-11/h2-5,11,15H,6-9H2,1H3,(H,16,18). The van der Waals surface area contributed by atoms with Crippen LogP contribution in [0.3, 0.4) is 0 Å². The molecule has 1 aliphatic heterocycles. The maximum atomic E-state index is 12.1. The quantitative estimate of drug-likeness (QED) is 0.800. The number of piperidine rings is 1. The number of nitrogens with one attached hydrogen (secondary N) is 2. The molecule has 0 aliphatic carbocycles. The Balaban J connectivity index is 2.08. The van der Waals surface area contributed by atoms with Crippen LogP contribution in [0.4, 0.5) is 5.69 Å². The lowest BCUT2D eigenvalue weighted by molar-refractivity contribution is -0.120. The van der Waals surface area contributed by atoms with Crippen LogP contribution in [0.5, 0.6) is 0 Å². The van der Waals surface area contributed by atoms with Gasteiger partial charge in [-0.3, -0.25) is 9.59 Å². The molecule has 1 amide bonds. The average Bonchev–Trinajstić information content (AvgIpc) is 2.40. The van der Waals surface area contributed by atoms with E-state index in [0.29, 0.717) is 11.3 Å². The molecule has 2 N–H and O–H groups in total. The Morgan fingerprint density at radius 2 is 1.89 bits per heavy atom. The highest BCUT2D eigenvalue weighted by Gasteiger charge is 2.21. The number of carbonyl (C=O) groups excluding carboxylic acids is 2. The summed E-state index contributed by atoms with van der Waals surface area (Å²) in [6.45, 7) is 3.27. The van der Waals surface area contributed by atoms with Gasteiger partial charge in [0.1, 0.15) is 0 Å². The maximum Gasteiger partial charge on any atom is 0.227 e. The molecule has 1 aromatic rings. The molecule has 18 heavy (non-hydrogen) atoms. The van der Waals surface area contributed by atoms with Gasteiger partial charge < -0.3 is 10.6 Å². The summed E-state index contributed by atoms with van der Waals surface area (Å²) in [4.78, 5) is 23.6. The summed E-state index contributed by atoms with van der Waals surface area (Å²) in [5, 5.41) is 6.10. The Hall–Kier alpha value is -1.68. The van der Waals surface area contributed by atoms with Crippen molar-refractivity contribution >= 4 is 17.4 Å². The zero-order chi connectivity index (χ0) is 13.0. The van der Waals surface area contributed by atoms with Crippen LogP contribution >= 0.6 is 0 Å². The lowest BCUT2D eigenvalue weighted by Crippen LogP contribution is -2.34. The summed E-state index contributed by atoms with van der Waals surface area (Å²) in [6, 6.07) is 7.14. The molecule has 0 aromatic heterocycles. The third kappa shape index (κ3) is 2.96. The van der Waals surface area contributed by atoms with Gasteiger partial charge in [-0.1, -0.05) is 12.1 Å². The first-order valence-electron chi connectivity index (χ1n) is 6.30. The summed E-state index contributed by atoms with van der Waals surface area (Å²) in [5.41, 5.74) is 1.19. The highest BCUT2D eigenvalue weighted by atomic mass is 16.2. The highest BCUT2D eigenvalue weighted by Crippen LogP contribution is 2.19. The van der Waals surface area contributed by atoms with Crippen molar-refractivity contribution in [1.82, 2.24) is 5.32 Å². The third-order valence-corrected chi connectivity index (χ3v) is 3.27. The Bertz CT molecular complexity index is 451. The average molecular weight is 246 g/mol. The van der Waals surface area contributed by atoms with Crippen LogP contribution in [0.2, 0.25) is 0 Å². The second kappa shape index (κ2) is 5.78. The summed E-state index contributed by atoms with van der Waals surface area (Å²) in [6.07, 6.45) is 1.71. The molecule has 4 heteroatoms. The molecule has 1 heterocycles. The fourth-order valence-corrected chi connectivity index (χ4v) is 2.22. The SMILES string of the molecule is CC(=O)c1ccccc1NC(=O)C1CCNCC1. The third-order valence-electron chi connectivity index (χ3n) is 3.27. The topological polar surface area (TPSA) is 58.2 Å². The van der Waals surface area contributed by atoms with Gasteiger partial charge in [0.15, 0.2) is 5.78 Å². The molecule has 2 rings (SSSR count). The molecule has 1 saturated heterocycles. The molecule has 0 atom stereocenters. The van der Waals surface area contributed by atoms with Crippen molar-refractivity contribution < 1.29 is 9.59 Å². The number of amides is 1. The summed E-state index contributed by atoms with van der Waals surface area (Å²) in [5.74, 6) is 0.0349. The predicted octanol–water partition coefficient (Wildman–Crippen LogP) is 1.83. The smallest absolute Gasteiger partial charge is 0.227 e.